The van der Waals surface area contributed by atoms with Gasteiger partial charge in [0.1, 0.15) is 0 Å². The Bertz CT molecular complexity index is 810. The van der Waals surface area contributed by atoms with Crippen LogP contribution in [0.4, 0.5) is 0 Å². The number of amides is 2. The molecule has 5 heteroatoms. The van der Waals surface area contributed by atoms with Crippen molar-refractivity contribution in [1.82, 2.24) is 14.7 Å². The summed E-state index contributed by atoms with van der Waals surface area (Å²) in [6.07, 6.45) is 4.99. The summed E-state index contributed by atoms with van der Waals surface area (Å²) in [6.45, 7) is 12.0. The van der Waals surface area contributed by atoms with Crippen molar-refractivity contribution in [3.05, 3.63) is 35.4 Å². The van der Waals surface area contributed by atoms with E-state index in [4.69, 9.17) is 0 Å². The Balaban J connectivity index is 1.49. The topological polar surface area (TPSA) is 43.9 Å². The number of carbonyl (C=O) groups is 2. The maximum Gasteiger partial charge on any atom is 0.253 e. The number of benzene rings is 1. The lowest BCUT2D eigenvalue weighted by atomic mass is 9.60. The monoisotopic (exact) mass is 425 g/mol. The summed E-state index contributed by atoms with van der Waals surface area (Å²) < 4.78 is 0. The lowest BCUT2D eigenvalue weighted by molar-refractivity contribution is -0.141. The van der Waals surface area contributed by atoms with E-state index in [0.29, 0.717) is 11.8 Å². The Morgan fingerprint density at radius 2 is 1.71 bits per heavy atom. The number of rotatable bonds is 5. The Morgan fingerprint density at radius 3 is 2.26 bits per heavy atom. The van der Waals surface area contributed by atoms with Crippen LogP contribution in [-0.2, 0) is 11.2 Å². The molecule has 2 amide bonds. The van der Waals surface area contributed by atoms with E-state index in [-0.39, 0.29) is 16.7 Å². The SMILES string of the molecule is CCCc1ccc(C(=O)N2CCC3(CC2)CN(CC(C)C)CC32CCN(C)C2=O)cc1. The van der Waals surface area contributed by atoms with E-state index in [1.807, 2.05) is 29.0 Å². The molecule has 0 bridgehead atoms. The predicted molar refractivity (Wildman–Crippen MR) is 124 cm³/mol. The van der Waals surface area contributed by atoms with Gasteiger partial charge in [-0.15, -0.1) is 0 Å². The number of aryl methyl sites for hydroxylation is 1. The van der Waals surface area contributed by atoms with E-state index in [9.17, 15) is 9.59 Å². The third-order valence-electron chi connectivity index (χ3n) is 8.04. The van der Waals surface area contributed by atoms with Crippen LogP contribution in [0.15, 0.2) is 24.3 Å². The van der Waals surface area contributed by atoms with Gasteiger partial charge in [-0.25, -0.2) is 0 Å². The second-order valence-electron chi connectivity index (χ2n) is 10.6. The number of nitrogens with zero attached hydrogens (tertiary/aromatic N) is 3. The molecule has 4 rings (SSSR count). The first-order chi connectivity index (χ1) is 14.8. The summed E-state index contributed by atoms with van der Waals surface area (Å²) in [6, 6.07) is 8.14. The van der Waals surface area contributed by atoms with Crippen molar-refractivity contribution >= 4 is 11.8 Å². The summed E-state index contributed by atoms with van der Waals surface area (Å²) in [4.78, 5) is 33.0. The number of likely N-dealkylation sites (tertiary alicyclic amines) is 3. The highest BCUT2D eigenvalue weighted by Gasteiger charge is 2.64. The zero-order chi connectivity index (χ0) is 22.2. The van der Waals surface area contributed by atoms with Crippen molar-refractivity contribution in [2.24, 2.45) is 16.7 Å². The molecule has 0 saturated carbocycles. The lowest BCUT2D eigenvalue weighted by Crippen LogP contribution is -2.53. The summed E-state index contributed by atoms with van der Waals surface area (Å²) in [5.74, 6) is 1.07. The smallest absolute Gasteiger partial charge is 0.253 e. The third-order valence-corrected chi connectivity index (χ3v) is 8.04. The minimum Gasteiger partial charge on any atom is -0.345 e. The van der Waals surface area contributed by atoms with Gasteiger partial charge in [-0.3, -0.25) is 9.59 Å². The van der Waals surface area contributed by atoms with Crippen LogP contribution in [0.5, 0.6) is 0 Å². The Kier molecular flexibility index (Phi) is 6.17. The van der Waals surface area contributed by atoms with Crippen LogP contribution in [0.3, 0.4) is 0 Å². The molecule has 0 radical (unpaired) electrons. The van der Waals surface area contributed by atoms with Gasteiger partial charge in [0, 0.05) is 57.3 Å². The lowest BCUT2D eigenvalue weighted by Gasteiger charge is -2.47. The molecular weight excluding hydrogens is 386 g/mol. The molecule has 1 unspecified atom stereocenters. The molecule has 0 aromatic heterocycles. The van der Waals surface area contributed by atoms with Gasteiger partial charge in [-0.05, 0) is 49.3 Å². The summed E-state index contributed by atoms with van der Waals surface area (Å²) in [7, 11) is 1.96. The molecule has 3 fully saturated rings. The molecule has 31 heavy (non-hydrogen) atoms. The Hall–Kier alpha value is -1.88. The average Bonchev–Trinajstić information content (AvgIpc) is 3.20. The summed E-state index contributed by atoms with van der Waals surface area (Å²) in [5.41, 5.74) is 1.83. The van der Waals surface area contributed by atoms with Crippen molar-refractivity contribution in [3.63, 3.8) is 0 Å². The average molecular weight is 426 g/mol. The second kappa shape index (κ2) is 8.57. The molecule has 0 N–H and O–H groups in total. The fraction of sp³-hybridized carbons (Fsp3) is 0.692. The minimum atomic E-state index is -0.256. The van der Waals surface area contributed by atoms with Crippen LogP contribution in [0.25, 0.3) is 0 Å². The highest BCUT2D eigenvalue weighted by molar-refractivity contribution is 5.94. The number of carbonyl (C=O) groups excluding carboxylic acids is 2. The van der Waals surface area contributed by atoms with Crippen LogP contribution in [-0.4, -0.2) is 72.8 Å². The zero-order valence-corrected chi connectivity index (χ0v) is 19.8. The fourth-order valence-electron chi connectivity index (χ4n) is 6.46. The molecule has 2 spiro atoms. The Labute approximate surface area is 187 Å². The molecule has 5 nitrogen and oxygen atoms in total. The highest BCUT2D eigenvalue weighted by atomic mass is 16.2. The first-order valence-electron chi connectivity index (χ1n) is 12.2. The van der Waals surface area contributed by atoms with Gasteiger partial charge in [0.15, 0.2) is 0 Å². The molecule has 170 valence electrons. The van der Waals surface area contributed by atoms with E-state index in [1.165, 1.54) is 5.56 Å². The quantitative estimate of drug-likeness (QED) is 0.723. The predicted octanol–water partition coefficient (Wildman–Crippen LogP) is 3.68. The summed E-state index contributed by atoms with van der Waals surface area (Å²) >= 11 is 0. The van der Waals surface area contributed by atoms with E-state index in [1.54, 1.807) is 0 Å². The van der Waals surface area contributed by atoms with Crippen molar-refractivity contribution in [1.29, 1.82) is 0 Å². The van der Waals surface area contributed by atoms with Gasteiger partial charge in [0.25, 0.3) is 5.91 Å². The van der Waals surface area contributed by atoms with Crippen LogP contribution in [0.1, 0.15) is 62.4 Å². The van der Waals surface area contributed by atoms with Gasteiger partial charge in [0.2, 0.25) is 5.91 Å². The standard InChI is InChI=1S/C26H39N3O2/c1-5-6-21-7-9-22(10-8-21)23(30)29-15-11-25(12-16-29)18-28(17-20(2)3)19-26(25)13-14-27(4)24(26)31/h7-10,20H,5-6,11-19H2,1-4H3. The zero-order valence-electron chi connectivity index (χ0n) is 19.8. The van der Waals surface area contributed by atoms with Gasteiger partial charge in [0.05, 0.1) is 5.41 Å². The van der Waals surface area contributed by atoms with Gasteiger partial charge >= 0.3 is 0 Å². The molecular formula is C26H39N3O2. The normalized spacial score (nSPS) is 26.0. The highest BCUT2D eigenvalue weighted by Crippen LogP contribution is 2.57. The van der Waals surface area contributed by atoms with Gasteiger partial charge in [-0.1, -0.05) is 39.3 Å². The van der Waals surface area contributed by atoms with E-state index >= 15 is 0 Å². The molecule has 1 atom stereocenters. The van der Waals surface area contributed by atoms with E-state index in [0.717, 1.165) is 76.9 Å². The van der Waals surface area contributed by atoms with Crippen molar-refractivity contribution in [2.75, 3.05) is 46.3 Å². The van der Waals surface area contributed by atoms with Crippen LogP contribution < -0.4 is 0 Å². The molecule has 1 aromatic carbocycles. The second-order valence-corrected chi connectivity index (χ2v) is 10.6. The maximum atomic E-state index is 13.4. The summed E-state index contributed by atoms with van der Waals surface area (Å²) in [5, 5.41) is 0. The largest absolute Gasteiger partial charge is 0.345 e. The molecule has 3 aliphatic heterocycles. The Morgan fingerprint density at radius 1 is 1.03 bits per heavy atom. The molecule has 3 saturated heterocycles. The molecule has 3 aliphatic rings. The number of hydrogen-bond acceptors (Lipinski definition) is 3. The molecule has 3 heterocycles. The fourth-order valence-corrected chi connectivity index (χ4v) is 6.46. The number of hydrogen-bond donors (Lipinski definition) is 0. The number of fused-ring (bicyclic) bond motifs is 1. The molecule has 1 aromatic rings. The van der Waals surface area contributed by atoms with E-state index < -0.39 is 0 Å². The van der Waals surface area contributed by atoms with Crippen LogP contribution in [0, 0.1) is 16.7 Å². The van der Waals surface area contributed by atoms with Gasteiger partial charge < -0.3 is 14.7 Å². The van der Waals surface area contributed by atoms with Crippen molar-refractivity contribution in [3.8, 4) is 0 Å². The molecule has 0 aliphatic carbocycles. The number of piperidine rings is 1. The maximum absolute atomic E-state index is 13.4. The first-order valence-corrected chi connectivity index (χ1v) is 12.2. The van der Waals surface area contributed by atoms with Crippen LogP contribution >= 0.6 is 0 Å². The third kappa shape index (κ3) is 3.90. The van der Waals surface area contributed by atoms with Crippen molar-refractivity contribution < 1.29 is 9.59 Å². The van der Waals surface area contributed by atoms with E-state index in [2.05, 4.69) is 37.8 Å². The van der Waals surface area contributed by atoms with Gasteiger partial charge in [-0.2, -0.15) is 0 Å². The van der Waals surface area contributed by atoms with Crippen molar-refractivity contribution in [2.45, 2.75) is 52.9 Å². The first kappa shape index (κ1) is 22.3. The van der Waals surface area contributed by atoms with Crippen LogP contribution in [0.2, 0.25) is 0 Å². The minimum absolute atomic E-state index is 0.00545.